The Balaban J connectivity index is 0.000000255. The number of rotatable bonds is 6. The molecule has 216 valence electrons. The number of ketones is 2. The molecule has 3 aliphatic rings. The molecule has 1 aliphatic carbocycles. The van der Waals surface area contributed by atoms with Gasteiger partial charge in [-0.3, -0.25) is 9.59 Å². The zero-order valence-electron chi connectivity index (χ0n) is 23.1. The molecular weight excluding hydrogens is 547 g/mol. The van der Waals surface area contributed by atoms with Crippen LogP contribution in [0.3, 0.4) is 0 Å². The van der Waals surface area contributed by atoms with Crippen molar-refractivity contribution in [2.75, 3.05) is 50.7 Å². The molecule has 1 saturated heterocycles. The Morgan fingerprint density at radius 1 is 0.732 bits per heavy atom. The number of hydrogen-bond acceptors (Lipinski definition) is 6. The lowest BCUT2D eigenvalue weighted by Crippen LogP contribution is -2.47. The normalized spacial score (nSPS) is 17.0. The second-order valence-corrected chi connectivity index (χ2v) is 11.6. The highest BCUT2D eigenvalue weighted by Crippen LogP contribution is 2.49. The molecule has 0 saturated carbocycles. The van der Waals surface area contributed by atoms with Crippen molar-refractivity contribution in [2.24, 2.45) is 0 Å². The van der Waals surface area contributed by atoms with E-state index in [1.807, 2.05) is 24.3 Å². The Kier molecular flexibility index (Phi) is 9.16. The maximum absolute atomic E-state index is 13.3. The minimum Gasteiger partial charge on any atom is -0.340 e. The van der Waals surface area contributed by atoms with Crippen LogP contribution in [0.4, 0.5) is 24.5 Å². The third-order valence-electron chi connectivity index (χ3n) is 7.66. The summed E-state index contributed by atoms with van der Waals surface area (Å²) in [4.78, 5) is 31.1. The zero-order chi connectivity index (χ0) is 29.0. The summed E-state index contributed by atoms with van der Waals surface area (Å²) in [7, 11) is 0. The highest BCUT2D eigenvalue weighted by molar-refractivity contribution is 7.99. The van der Waals surface area contributed by atoms with Gasteiger partial charge in [0.25, 0.3) is 0 Å². The van der Waals surface area contributed by atoms with Gasteiger partial charge in [0.05, 0.1) is 23.4 Å². The number of carbonyl (C=O) groups excluding carboxylic acids is 2. The van der Waals surface area contributed by atoms with Gasteiger partial charge in [-0.1, -0.05) is 55.1 Å². The fourth-order valence-corrected chi connectivity index (χ4v) is 6.63. The van der Waals surface area contributed by atoms with Crippen LogP contribution in [0.25, 0.3) is 0 Å². The largest absolute Gasteiger partial charge is 0.416 e. The molecule has 41 heavy (non-hydrogen) atoms. The predicted molar refractivity (Wildman–Crippen MR) is 157 cm³/mol. The Hall–Kier alpha value is -3.14. The lowest BCUT2D eigenvalue weighted by atomic mass is 10.1. The summed E-state index contributed by atoms with van der Waals surface area (Å²) in [5, 5.41) is 0. The van der Waals surface area contributed by atoms with Crippen LogP contribution in [-0.4, -0.2) is 67.2 Å². The van der Waals surface area contributed by atoms with Crippen molar-refractivity contribution in [3.8, 4) is 0 Å². The highest BCUT2D eigenvalue weighted by atomic mass is 32.2. The molecule has 0 unspecified atom stereocenters. The number of benzene rings is 3. The monoisotopic (exact) mass is 581 g/mol. The number of piperazine rings is 1. The lowest BCUT2D eigenvalue weighted by molar-refractivity contribution is -0.137. The molecule has 0 amide bonds. The number of Topliss-reactive ketones (excluding diaryl/α,β-unsaturated/α-hetero) is 2. The third kappa shape index (κ3) is 6.85. The number of fused-ring (bicyclic) bond motifs is 3. The summed E-state index contributed by atoms with van der Waals surface area (Å²) in [6, 6.07) is 19.0. The van der Waals surface area contributed by atoms with E-state index in [1.165, 1.54) is 18.6 Å². The molecule has 0 aromatic heterocycles. The quantitative estimate of drug-likeness (QED) is 0.287. The van der Waals surface area contributed by atoms with E-state index < -0.39 is 11.7 Å². The molecule has 0 bridgehead atoms. The van der Waals surface area contributed by atoms with Crippen molar-refractivity contribution in [1.29, 1.82) is 0 Å². The molecule has 0 N–H and O–H groups in total. The fourth-order valence-electron chi connectivity index (χ4n) is 5.56. The Morgan fingerprint density at radius 3 is 1.95 bits per heavy atom. The number of para-hydroxylation sites is 1. The lowest BCUT2D eigenvalue weighted by Gasteiger charge is -2.36. The van der Waals surface area contributed by atoms with E-state index in [4.69, 9.17) is 0 Å². The van der Waals surface area contributed by atoms with Crippen molar-refractivity contribution in [3.63, 3.8) is 0 Å². The molecule has 2 aliphatic heterocycles. The number of carbonyl (C=O) groups is 2. The van der Waals surface area contributed by atoms with Crippen molar-refractivity contribution in [3.05, 3.63) is 83.4 Å². The zero-order valence-corrected chi connectivity index (χ0v) is 23.9. The summed E-state index contributed by atoms with van der Waals surface area (Å²) in [6.45, 7) is 9.41. The SMILES string of the molecule is CCCN1CCN(CCCN2c3ccccc3Sc3ccc(C(F)(F)F)cc32)CC1.O=C1CC(=O)c2ccccc21. The summed E-state index contributed by atoms with van der Waals surface area (Å²) in [5.41, 5.74) is 2.25. The van der Waals surface area contributed by atoms with Crippen LogP contribution in [0.15, 0.2) is 76.5 Å². The minimum absolute atomic E-state index is 0.0504. The average molecular weight is 582 g/mol. The topological polar surface area (TPSA) is 43.9 Å². The van der Waals surface area contributed by atoms with E-state index in [0.29, 0.717) is 23.4 Å². The number of anilines is 2. The summed E-state index contributed by atoms with van der Waals surface area (Å²) >= 11 is 1.55. The molecule has 3 aromatic rings. The van der Waals surface area contributed by atoms with Crippen molar-refractivity contribution in [2.45, 2.75) is 42.2 Å². The van der Waals surface area contributed by atoms with Gasteiger partial charge < -0.3 is 14.7 Å². The Labute approximate surface area is 243 Å². The van der Waals surface area contributed by atoms with Gasteiger partial charge in [-0.05, 0) is 56.3 Å². The first-order valence-electron chi connectivity index (χ1n) is 14.1. The van der Waals surface area contributed by atoms with Gasteiger partial charge in [0.2, 0.25) is 0 Å². The van der Waals surface area contributed by atoms with Crippen LogP contribution in [-0.2, 0) is 6.18 Å². The molecule has 5 nitrogen and oxygen atoms in total. The van der Waals surface area contributed by atoms with Gasteiger partial charge in [0.15, 0.2) is 11.6 Å². The van der Waals surface area contributed by atoms with E-state index in [2.05, 4.69) is 21.6 Å². The first-order valence-corrected chi connectivity index (χ1v) is 14.9. The molecule has 9 heteroatoms. The van der Waals surface area contributed by atoms with Gasteiger partial charge in [-0.25, -0.2) is 0 Å². The van der Waals surface area contributed by atoms with Gasteiger partial charge in [-0.2, -0.15) is 13.2 Å². The van der Waals surface area contributed by atoms with Crippen LogP contribution in [0, 0.1) is 0 Å². The van der Waals surface area contributed by atoms with Crippen molar-refractivity contribution in [1.82, 2.24) is 9.80 Å². The molecule has 6 rings (SSSR count). The maximum atomic E-state index is 13.3. The van der Waals surface area contributed by atoms with Crippen molar-refractivity contribution >= 4 is 34.7 Å². The smallest absolute Gasteiger partial charge is 0.340 e. The van der Waals surface area contributed by atoms with Crippen LogP contribution < -0.4 is 4.90 Å². The van der Waals surface area contributed by atoms with Gasteiger partial charge in [-0.15, -0.1) is 0 Å². The van der Waals surface area contributed by atoms with Crippen LogP contribution >= 0.6 is 11.8 Å². The number of hydrogen-bond donors (Lipinski definition) is 0. The molecular formula is C32H34F3N3O2S. The predicted octanol–water partition coefficient (Wildman–Crippen LogP) is 7.18. The summed E-state index contributed by atoms with van der Waals surface area (Å²) in [6.07, 6.45) is -2.17. The van der Waals surface area contributed by atoms with Crippen LogP contribution in [0.5, 0.6) is 0 Å². The minimum atomic E-state index is -4.33. The van der Waals surface area contributed by atoms with Gasteiger partial charge in [0, 0.05) is 53.6 Å². The van der Waals surface area contributed by atoms with Crippen molar-refractivity contribution < 1.29 is 22.8 Å². The summed E-state index contributed by atoms with van der Waals surface area (Å²) in [5.74, 6) is -0.101. The Morgan fingerprint density at radius 2 is 1.32 bits per heavy atom. The molecule has 1 fully saturated rings. The maximum Gasteiger partial charge on any atom is 0.416 e. The summed E-state index contributed by atoms with van der Waals surface area (Å²) < 4.78 is 40.0. The van der Waals surface area contributed by atoms with Gasteiger partial charge >= 0.3 is 6.18 Å². The van der Waals surface area contributed by atoms with Crippen LogP contribution in [0.2, 0.25) is 0 Å². The number of halogens is 3. The first kappa shape index (κ1) is 29.4. The fraction of sp³-hybridized carbons (Fsp3) is 0.375. The van der Waals surface area contributed by atoms with E-state index in [-0.39, 0.29) is 18.0 Å². The molecule has 0 radical (unpaired) electrons. The van der Waals surface area contributed by atoms with E-state index in [1.54, 1.807) is 42.1 Å². The first-order chi connectivity index (χ1) is 19.7. The molecule has 3 aromatic carbocycles. The number of alkyl halides is 3. The second-order valence-electron chi connectivity index (χ2n) is 10.5. The third-order valence-corrected chi connectivity index (χ3v) is 8.79. The average Bonchev–Trinajstić information content (AvgIpc) is 3.26. The van der Waals surface area contributed by atoms with E-state index in [0.717, 1.165) is 61.2 Å². The molecule has 0 spiro atoms. The standard InChI is InChI=1S/C23H28F3N3S.C9H6O2/c1-2-10-27-13-15-28(16-14-27)11-5-12-29-19-6-3-4-7-21(19)30-22-9-8-18(17-20(22)29)23(24,25)26;10-8-5-9(11)7-4-2-1-3-6(7)8/h3-4,6-9,17H,2,5,10-16H2,1H3;1-4H,5H2. The molecule has 2 heterocycles. The Bertz CT molecular complexity index is 1370. The van der Waals surface area contributed by atoms with Gasteiger partial charge in [0.1, 0.15) is 0 Å². The van der Waals surface area contributed by atoms with E-state index >= 15 is 0 Å². The van der Waals surface area contributed by atoms with E-state index in [9.17, 15) is 22.8 Å². The highest BCUT2D eigenvalue weighted by Gasteiger charge is 2.33. The number of nitrogens with zero attached hydrogens (tertiary/aromatic N) is 3. The molecule has 0 atom stereocenters. The van der Waals surface area contributed by atoms with Crippen LogP contribution in [0.1, 0.15) is 52.5 Å². The second kappa shape index (κ2) is 12.8.